The van der Waals surface area contributed by atoms with Crippen LogP contribution in [0.15, 0.2) is 59.6 Å². The topological polar surface area (TPSA) is 59.6 Å². The number of aliphatic imine (C=N–C) groups is 1. The highest BCUT2D eigenvalue weighted by molar-refractivity contribution is 14.0. The van der Waals surface area contributed by atoms with Crippen molar-refractivity contribution in [3.63, 3.8) is 0 Å². The molecular weight excluding hydrogens is 403 g/mol. The zero-order valence-electron chi connectivity index (χ0n) is 11.6. The summed E-state index contributed by atoms with van der Waals surface area (Å²) in [5, 5.41) is 2.74. The second kappa shape index (κ2) is 9.19. The molecule has 0 radical (unpaired) electrons. The van der Waals surface area contributed by atoms with Gasteiger partial charge in [-0.15, -0.1) is 24.0 Å². The van der Waals surface area contributed by atoms with Crippen LogP contribution in [0.3, 0.4) is 0 Å². The van der Waals surface area contributed by atoms with Crippen LogP contribution in [0.25, 0.3) is 0 Å². The minimum Gasteiger partial charge on any atom is -0.457 e. The molecular formula is C15H16F2IN3O. The first-order chi connectivity index (χ1) is 10.1. The van der Waals surface area contributed by atoms with E-state index in [2.05, 4.69) is 10.3 Å². The van der Waals surface area contributed by atoms with Gasteiger partial charge in [0.25, 0.3) is 6.43 Å². The molecule has 0 aromatic heterocycles. The fraction of sp³-hybridized carbons (Fsp3) is 0.133. The number of nitrogens with two attached hydrogens (primary N) is 1. The number of para-hydroxylation sites is 1. The Hall–Kier alpha value is -1.90. The Balaban J connectivity index is 0.00000242. The largest absolute Gasteiger partial charge is 0.457 e. The molecule has 0 bridgehead atoms. The molecule has 0 saturated carbocycles. The van der Waals surface area contributed by atoms with Crippen molar-refractivity contribution in [2.45, 2.75) is 6.43 Å². The molecule has 7 heteroatoms. The third-order valence-corrected chi connectivity index (χ3v) is 2.48. The first kappa shape index (κ1) is 18.1. The molecule has 0 unspecified atom stereocenters. The van der Waals surface area contributed by atoms with Crippen LogP contribution < -0.4 is 15.8 Å². The van der Waals surface area contributed by atoms with E-state index in [1.54, 1.807) is 24.3 Å². The lowest BCUT2D eigenvalue weighted by Gasteiger charge is -2.09. The highest BCUT2D eigenvalue weighted by Gasteiger charge is 2.02. The first-order valence-electron chi connectivity index (χ1n) is 6.31. The van der Waals surface area contributed by atoms with Crippen molar-refractivity contribution in [1.82, 2.24) is 0 Å². The molecule has 0 spiro atoms. The number of benzene rings is 2. The molecule has 2 aromatic carbocycles. The third kappa shape index (κ3) is 6.25. The maximum absolute atomic E-state index is 12.0. The predicted octanol–water partition coefficient (Wildman–Crippen LogP) is 4.09. The number of ether oxygens (including phenoxy) is 1. The van der Waals surface area contributed by atoms with E-state index in [1.807, 2.05) is 30.3 Å². The number of nitrogens with zero attached hydrogens (tertiary/aromatic N) is 1. The molecule has 0 aliphatic carbocycles. The van der Waals surface area contributed by atoms with E-state index in [1.165, 1.54) is 0 Å². The fourth-order valence-electron chi connectivity index (χ4n) is 1.62. The van der Waals surface area contributed by atoms with Crippen LogP contribution in [-0.2, 0) is 0 Å². The summed E-state index contributed by atoms with van der Waals surface area (Å²) >= 11 is 0. The number of guanidine groups is 1. The average molecular weight is 419 g/mol. The molecule has 0 saturated heterocycles. The van der Waals surface area contributed by atoms with Gasteiger partial charge in [-0.2, -0.15) is 0 Å². The van der Waals surface area contributed by atoms with E-state index in [0.717, 1.165) is 0 Å². The second-order valence-corrected chi connectivity index (χ2v) is 4.18. The van der Waals surface area contributed by atoms with Gasteiger partial charge in [0.15, 0.2) is 5.96 Å². The maximum Gasteiger partial charge on any atom is 0.257 e. The molecule has 0 aliphatic rings. The number of nitrogens with one attached hydrogen (secondary N) is 1. The maximum atomic E-state index is 12.0. The highest BCUT2D eigenvalue weighted by Crippen LogP contribution is 2.23. The van der Waals surface area contributed by atoms with E-state index in [4.69, 9.17) is 10.5 Å². The van der Waals surface area contributed by atoms with E-state index in [-0.39, 0.29) is 29.9 Å². The lowest BCUT2D eigenvalue weighted by Crippen LogP contribution is -2.23. The van der Waals surface area contributed by atoms with Crippen LogP contribution in [0.1, 0.15) is 0 Å². The molecule has 0 fully saturated rings. The average Bonchev–Trinajstić information content (AvgIpc) is 2.46. The van der Waals surface area contributed by atoms with Crippen molar-refractivity contribution in [2.24, 2.45) is 10.7 Å². The normalized spacial score (nSPS) is 11.0. The summed E-state index contributed by atoms with van der Waals surface area (Å²) in [6.07, 6.45) is -2.52. The summed E-state index contributed by atoms with van der Waals surface area (Å²) in [5.74, 6) is 1.24. The van der Waals surface area contributed by atoms with Crippen LogP contribution >= 0.6 is 24.0 Å². The van der Waals surface area contributed by atoms with Crippen molar-refractivity contribution < 1.29 is 13.5 Å². The minimum atomic E-state index is -2.52. The SMILES string of the molecule is I.NC(=NCC(F)F)Nc1cccc(Oc2ccccc2)c1. The first-order valence-corrected chi connectivity index (χ1v) is 6.31. The number of hydrogen-bond acceptors (Lipinski definition) is 2. The number of anilines is 1. The molecule has 2 rings (SSSR count). The predicted molar refractivity (Wildman–Crippen MR) is 94.5 cm³/mol. The van der Waals surface area contributed by atoms with E-state index >= 15 is 0 Å². The number of halogens is 3. The molecule has 0 atom stereocenters. The van der Waals surface area contributed by atoms with Gasteiger partial charge in [-0.25, -0.2) is 13.8 Å². The zero-order valence-corrected chi connectivity index (χ0v) is 13.9. The summed E-state index contributed by atoms with van der Waals surface area (Å²) in [6.45, 7) is -0.626. The van der Waals surface area contributed by atoms with Crippen LogP contribution in [0.4, 0.5) is 14.5 Å². The minimum absolute atomic E-state index is 0. The Labute approximate surface area is 144 Å². The van der Waals surface area contributed by atoms with Gasteiger partial charge >= 0.3 is 0 Å². The Morgan fingerprint density at radius 2 is 1.77 bits per heavy atom. The summed E-state index contributed by atoms with van der Waals surface area (Å²) in [7, 11) is 0. The quantitative estimate of drug-likeness (QED) is 0.436. The van der Waals surface area contributed by atoms with Gasteiger partial charge in [-0.05, 0) is 24.3 Å². The van der Waals surface area contributed by atoms with Gasteiger partial charge in [0, 0.05) is 11.8 Å². The Kier molecular flexibility index (Phi) is 7.58. The van der Waals surface area contributed by atoms with E-state index < -0.39 is 13.0 Å². The lowest BCUT2D eigenvalue weighted by atomic mass is 10.3. The van der Waals surface area contributed by atoms with Crippen molar-refractivity contribution in [3.05, 3.63) is 54.6 Å². The monoisotopic (exact) mass is 419 g/mol. The van der Waals surface area contributed by atoms with Crippen LogP contribution in [0.2, 0.25) is 0 Å². The molecule has 118 valence electrons. The molecule has 0 aliphatic heterocycles. The van der Waals surface area contributed by atoms with Crippen molar-refractivity contribution in [1.29, 1.82) is 0 Å². The number of rotatable bonds is 5. The number of alkyl halides is 2. The van der Waals surface area contributed by atoms with E-state index in [0.29, 0.717) is 17.2 Å². The Morgan fingerprint density at radius 3 is 2.45 bits per heavy atom. The van der Waals surface area contributed by atoms with E-state index in [9.17, 15) is 8.78 Å². The van der Waals surface area contributed by atoms with Gasteiger partial charge in [0.05, 0.1) is 0 Å². The summed E-state index contributed by atoms with van der Waals surface area (Å²) in [4.78, 5) is 3.53. The molecule has 0 heterocycles. The smallest absolute Gasteiger partial charge is 0.257 e. The summed E-state index contributed by atoms with van der Waals surface area (Å²) < 4.78 is 29.7. The number of hydrogen-bond donors (Lipinski definition) is 2. The summed E-state index contributed by atoms with van der Waals surface area (Å²) in [5.41, 5.74) is 6.13. The fourth-order valence-corrected chi connectivity index (χ4v) is 1.62. The van der Waals surface area contributed by atoms with Gasteiger partial charge in [-0.3, -0.25) is 0 Å². The molecule has 2 aromatic rings. The highest BCUT2D eigenvalue weighted by atomic mass is 127. The Morgan fingerprint density at radius 1 is 1.09 bits per heavy atom. The molecule has 4 nitrogen and oxygen atoms in total. The van der Waals surface area contributed by atoms with Gasteiger partial charge in [0.2, 0.25) is 0 Å². The molecule has 22 heavy (non-hydrogen) atoms. The van der Waals surface area contributed by atoms with Crippen LogP contribution in [0, 0.1) is 0 Å². The van der Waals surface area contributed by atoms with Crippen molar-refractivity contribution in [3.8, 4) is 11.5 Å². The lowest BCUT2D eigenvalue weighted by molar-refractivity contribution is 0.158. The zero-order chi connectivity index (χ0) is 15.1. The standard InChI is InChI=1S/C15H15F2N3O.HI/c16-14(17)10-19-15(18)20-11-5-4-8-13(9-11)21-12-6-2-1-3-7-12;/h1-9,14H,10H2,(H3,18,19,20);1H. The van der Waals surface area contributed by atoms with Crippen LogP contribution in [0.5, 0.6) is 11.5 Å². The third-order valence-electron chi connectivity index (χ3n) is 2.48. The van der Waals surface area contributed by atoms with Crippen molar-refractivity contribution >= 4 is 35.6 Å². The van der Waals surface area contributed by atoms with Crippen LogP contribution in [-0.4, -0.2) is 18.9 Å². The van der Waals surface area contributed by atoms with Gasteiger partial charge < -0.3 is 15.8 Å². The van der Waals surface area contributed by atoms with Gasteiger partial charge in [0.1, 0.15) is 18.0 Å². The molecule has 0 amide bonds. The van der Waals surface area contributed by atoms with Crippen molar-refractivity contribution in [2.75, 3.05) is 11.9 Å². The van der Waals surface area contributed by atoms with Gasteiger partial charge in [-0.1, -0.05) is 24.3 Å². The Bertz CT molecular complexity index is 609. The second-order valence-electron chi connectivity index (χ2n) is 4.18. The molecule has 3 N–H and O–H groups in total. The summed E-state index contributed by atoms with van der Waals surface area (Å²) in [6, 6.07) is 16.3.